The first kappa shape index (κ1) is 15.6. The fourth-order valence-electron chi connectivity index (χ4n) is 2.06. The number of anilines is 1. The van der Waals surface area contributed by atoms with Crippen LogP contribution >= 0.6 is 0 Å². The maximum absolute atomic E-state index is 11.5. The van der Waals surface area contributed by atoms with Gasteiger partial charge in [0.25, 0.3) is 5.69 Å². The van der Waals surface area contributed by atoms with Gasteiger partial charge in [0.2, 0.25) is 5.88 Å². The molecule has 2 aromatic rings. The summed E-state index contributed by atoms with van der Waals surface area (Å²) in [5, 5.41) is 10.7. The van der Waals surface area contributed by atoms with Gasteiger partial charge in [0.05, 0.1) is 12.0 Å². The molecule has 0 aliphatic carbocycles. The van der Waals surface area contributed by atoms with Crippen LogP contribution in [0.5, 0.6) is 5.88 Å². The van der Waals surface area contributed by atoms with Crippen LogP contribution in [0.1, 0.15) is 5.69 Å². The summed E-state index contributed by atoms with van der Waals surface area (Å²) in [6, 6.07) is 5.54. The van der Waals surface area contributed by atoms with Gasteiger partial charge in [-0.3, -0.25) is 10.1 Å². The summed E-state index contributed by atoms with van der Waals surface area (Å²) in [6.07, 6.45) is 0. The highest BCUT2D eigenvalue weighted by Gasteiger charge is 2.26. The molecule has 24 heavy (non-hydrogen) atoms. The number of nitro groups is 1. The van der Waals surface area contributed by atoms with E-state index in [1.54, 1.807) is 0 Å². The summed E-state index contributed by atoms with van der Waals surface area (Å²) in [4.78, 5) is 18.5. The highest BCUT2D eigenvalue weighted by Crippen LogP contribution is 2.31. The summed E-state index contributed by atoms with van der Waals surface area (Å²) in [7, 11) is -2.65. The van der Waals surface area contributed by atoms with Crippen LogP contribution in [-0.4, -0.2) is 36.3 Å². The Balaban J connectivity index is 2.16. The van der Waals surface area contributed by atoms with E-state index in [4.69, 9.17) is 10.5 Å². The molecule has 2 heterocycles. The first-order chi connectivity index (χ1) is 11.3. The fraction of sp³-hybridized carbons (Fsp3) is 0.0833. The van der Waals surface area contributed by atoms with Crippen molar-refractivity contribution < 1.29 is 18.1 Å². The number of benzene rings is 1. The van der Waals surface area contributed by atoms with Crippen molar-refractivity contribution in [3.05, 3.63) is 40.1 Å². The molecule has 1 aliphatic rings. The summed E-state index contributed by atoms with van der Waals surface area (Å²) >= 11 is 0. The van der Waals surface area contributed by atoms with Crippen LogP contribution in [0.25, 0.3) is 11.3 Å². The first-order valence-corrected chi connectivity index (χ1v) is 7.84. The molecular weight excluding hydrogens is 340 g/mol. The predicted octanol–water partition coefficient (Wildman–Crippen LogP) is 0.436. The highest BCUT2D eigenvalue weighted by molar-refractivity contribution is 7.91. The second-order valence-corrected chi connectivity index (χ2v) is 5.97. The second-order valence-electron chi connectivity index (χ2n) is 4.64. The Hall–Kier alpha value is -3.28. The Labute approximate surface area is 135 Å². The number of nitrogens with one attached hydrogen (secondary N) is 1. The number of methoxy groups -OCH3 is 1. The lowest BCUT2D eigenvalue weighted by Crippen LogP contribution is -2.28. The van der Waals surface area contributed by atoms with Gasteiger partial charge in [-0.25, -0.2) is 9.71 Å². The molecule has 0 unspecified atom stereocenters. The number of nitro benzene ring substituents is 1. The molecule has 1 aromatic heterocycles. The third kappa shape index (κ3) is 2.69. The summed E-state index contributed by atoms with van der Waals surface area (Å²) in [5.41, 5.74) is 6.30. The van der Waals surface area contributed by atoms with Crippen molar-refractivity contribution in [3.63, 3.8) is 0 Å². The molecule has 11 nitrogen and oxygen atoms in total. The van der Waals surface area contributed by atoms with Gasteiger partial charge in [-0.15, -0.1) is 4.40 Å². The molecule has 0 bridgehead atoms. The van der Waals surface area contributed by atoms with E-state index in [9.17, 15) is 18.5 Å². The van der Waals surface area contributed by atoms with Gasteiger partial charge in [0.1, 0.15) is 5.69 Å². The van der Waals surface area contributed by atoms with Crippen molar-refractivity contribution in [1.29, 1.82) is 0 Å². The number of nitrogens with zero attached hydrogens (tertiary/aromatic N) is 4. The van der Waals surface area contributed by atoms with Gasteiger partial charge >= 0.3 is 10.2 Å². The number of ether oxygens (including phenoxy) is 1. The third-order valence-corrected chi connectivity index (χ3v) is 3.98. The Morgan fingerprint density at radius 2 is 1.88 bits per heavy atom. The van der Waals surface area contributed by atoms with Crippen molar-refractivity contribution in [3.8, 4) is 17.1 Å². The lowest BCUT2D eigenvalue weighted by atomic mass is 10.1. The van der Waals surface area contributed by atoms with Crippen LogP contribution in [0.3, 0.4) is 0 Å². The van der Waals surface area contributed by atoms with Crippen LogP contribution in [0.2, 0.25) is 0 Å². The SMILES string of the molecule is COc1nc2c(nc1-c1ccc([N+](=O)[O-])cc1)C(N)=NS(=O)(=O)N2. The monoisotopic (exact) mass is 350 g/mol. The van der Waals surface area contributed by atoms with E-state index in [1.807, 2.05) is 0 Å². The van der Waals surface area contributed by atoms with E-state index in [-0.39, 0.29) is 34.6 Å². The van der Waals surface area contributed by atoms with Gasteiger partial charge in [-0.05, 0) is 12.1 Å². The molecular formula is C12H10N6O5S. The standard InChI is InChI=1S/C12H10N6O5S/c1-23-12-8(6-2-4-7(5-3-6)18(19)20)14-9-10(13)16-24(21,22)17-11(9)15-12/h2-5H,1H3,(H2,13,16)(H,15,17). The quantitative estimate of drug-likeness (QED) is 0.594. The molecule has 1 aromatic carbocycles. The molecule has 3 N–H and O–H groups in total. The number of aromatic nitrogens is 2. The molecule has 0 radical (unpaired) electrons. The van der Waals surface area contributed by atoms with Crippen molar-refractivity contribution in [2.75, 3.05) is 11.8 Å². The van der Waals surface area contributed by atoms with Crippen molar-refractivity contribution in [1.82, 2.24) is 9.97 Å². The van der Waals surface area contributed by atoms with Crippen LogP contribution in [0.15, 0.2) is 28.7 Å². The molecule has 0 fully saturated rings. The zero-order chi connectivity index (χ0) is 17.5. The van der Waals surface area contributed by atoms with Crippen LogP contribution in [0, 0.1) is 10.1 Å². The summed E-state index contributed by atoms with van der Waals surface area (Å²) in [5.74, 6) is -0.396. The van der Waals surface area contributed by atoms with Gasteiger partial charge in [-0.2, -0.15) is 13.4 Å². The lowest BCUT2D eigenvalue weighted by Gasteiger charge is -2.16. The molecule has 0 atom stereocenters. The average molecular weight is 350 g/mol. The van der Waals surface area contributed by atoms with Crippen molar-refractivity contribution >= 4 is 27.6 Å². The molecule has 124 valence electrons. The minimum atomic E-state index is -3.98. The van der Waals surface area contributed by atoms with Gasteiger partial charge in [0, 0.05) is 17.7 Å². The second kappa shape index (κ2) is 5.42. The maximum atomic E-state index is 11.5. The van der Waals surface area contributed by atoms with Crippen molar-refractivity contribution in [2.24, 2.45) is 10.1 Å². The van der Waals surface area contributed by atoms with Gasteiger partial charge < -0.3 is 10.5 Å². The van der Waals surface area contributed by atoms with Crippen molar-refractivity contribution in [2.45, 2.75) is 0 Å². The summed E-state index contributed by atoms with van der Waals surface area (Å²) < 4.78 is 33.6. The van der Waals surface area contributed by atoms with Gasteiger partial charge in [0.15, 0.2) is 17.3 Å². The normalized spacial score (nSPS) is 15.0. The van der Waals surface area contributed by atoms with Crippen LogP contribution in [0.4, 0.5) is 11.5 Å². The molecule has 1 aliphatic heterocycles. The van der Waals surface area contributed by atoms with Gasteiger partial charge in [-0.1, -0.05) is 0 Å². The van der Waals surface area contributed by atoms with E-state index >= 15 is 0 Å². The van der Waals surface area contributed by atoms with Crippen LogP contribution in [-0.2, 0) is 10.2 Å². The van der Waals surface area contributed by atoms with E-state index in [2.05, 4.69) is 19.1 Å². The van der Waals surface area contributed by atoms with E-state index < -0.39 is 15.1 Å². The topological polar surface area (TPSA) is 163 Å². The molecule has 0 saturated heterocycles. The smallest absolute Gasteiger partial charge is 0.345 e. The maximum Gasteiger partial charge on any atom is 0.345 e. The number of amidine groups is 1. The Kier molecular flexibility index (Phi) is 3.52. The molecule has 0 saturated carbocycles. The summed E-state index contributed by atoms with van der Waals surface area (Å²) in [6.45, 7) is 0. The van der Waals surface area contributed by atoms with E-state index in [0.717, 1.165) is 0 Å². The predicted molar refractivity (Wildman–Crippen MR) is 83.9 cm³/mol. The van der Waals surface area contributed by atoms with E-state index in [1.165, 1.54) is 31.4 Å². The molecule has 0 spiro atoms. The zero-order valence-corrected chi connectivity index (χ0v) is 12.9. The molecule has 3 rings (SSSR count). The third-order valence-electron chi connectivity index (χ3n) is 3.10. The highest BCUT2D eigenvalue weighted by atomic mass is 32.2. The zero-order valence-electron chi connectivity index (χ0n) is 12.1. The first-order valence-electron chi connectivity index (χ1n) is 6.40. The Morgan fingerprint density at radius 1 is 1.21 bits per heavy atom. The molecule has 12 heteroatoms. The number of hydrogen-bond acceptors (Lipinski definition) is 8. The van der Waals surface area contributed by atoms with Crippen LogP contribution < -0.4 is 15.2 Å². The minimum Gasteiger partial charge on any atom is -0.479 e. The number of fused-ring (bicyclic) bond motifs is 1. The largest absolute Gasteiger partial charge is 0.479 e. The lowest BCUT2D eigenvalue weighted by molar-refractivity contribution is -0.384. The van der Waals surface area contributed by atoms with E-state index in [0.29, 0.717) is 5.56 Å². The number of rotatable bonds is 3. The Morgan fingerprint density at radius 3 is 2.46 bits per heavy atom. The number of hydrogen-bond donors (Lipinski definition) is 2. The average Bonchev–Trinajstić information content (AvgIpc) is 2.52. The number of non-ortho nitro benzene ring substituents is 1. The Bertz CT molecular complexity index is 970. The minimum absolute atomic E-state index is 0.0278. The molecule has 0 amide bonds. The fourth-order valence-corrected chi connectivity index (χ4v) is 2.84. The number of nitrogens with two attached hydrogens (primary N) is 1.